The van der Waals surface area contributed by atoms with Crippen molar-refractivity contribution < 1.29 is 4.39 Å². The average molecular weight is 321 g/mol. The van der Waals surface area contributed by atoms with Crippen LogP contribution in [0.25, 0.3) is 0 Å². The molecule has 0 aliphatic carbocycles. The number of thioether (sulfide) groups is 1. The van der Waals surface area contributed by atoms with Crippen LogP contribution in [0.1, 0.15) is 27.7 Å². The number of nitrogens with two attached hydrogens (primary N) is 1. The van der Waals surface area contributed by atoms with E-state index in [0.717, 1.165) is 22.2 Å². The third kappa shape index (κ3) is 5.22. The van der Waals surface area contributed by atoms with Gasteiger partial charge in [0.2, 0.25) is 0 Å². The van der Waals surface area contributed by atoms with Gasteiger partial charge in [-0.15, -0.1) is 0 Å². The number of hydrazone groups is 1. The maximum absolute atomic E-state index is 13.2. The first-order valence-electron chi connectivity index (χ1n) is 7.46. The SMILES string of the molecule is CC.CC(C)/C(=N/N)N1C=C(Sc2cccc(F)c2)C=CC1. The molecule has 5 heteroatoms. The Morgan fingerprint density at radius 3 is 2.68 bits per heavy atom. The normalized spacial score (nSPS) is 14.5. The Labute approximate surface area is 136 Å². The molecular weight excluding hydrogens is 297 g/mol. The van der Waals surface area contributed by atoms with Crippen molar-refractivity contribution in [1.29, 1.82) is 0 Å². The third-order valence-corrected chi connectivity index (χ3v) is 3.81. The molecule has 0 radical (unpaired) electrons. The van der Waals surface area contributed by atoms with Crippen molar-refractivity contribution in [2.24, 2.45) is 16.9 Å². The molecule has 0 saturated heterocycles. The minimum atomic E-state index is -0.223. The van der Waals surface area contributed by atoms with Crippen molar-refractivity contribution in [3.8, 4) is 0 Å². The van der Waals surface area contributed by atoms with Gasteiger partial charge in [-0.25, -0.2) is 4.39 Å². The third-order valence-electron chi connectivity index (χ3n) is 2.84. The van der Waals surface area contributed by atoms with Gasteiger partial charge in [0.15, 0.2) is 0 Å². The highest BCUT2D eigenvalue weighted by atomic mass is 32.2. The van der Waals surface area contributed by atoms with Gasteiger partial charge in [0.1, 0.15) is 11.7 Å². The smallest absolute Gasteiger partial charge is 0.131 e. The molecule has 120 valence electrons. The summed E-state index contributed by atoms with van der Waals surface area (Å²) in [5.74, 6) is 6.33. The van der Waals surface area contributed by atoms with Gasteiger partial charge < -0.3 is 10.7 Å². The Morgan fingerprint density at radius 1 is 1.36 bits per heavy atom. The van der Waals surface area contributed by atoms with E-state index in [1.165, 1.54) is 23.9 Å². The van der Waals surface area contributed by atoms with Crippen LogP contribution in [0.4, 0.5) is 4.39 Å². The lowest BCUT2D eigenvalue weighted by Crippen LogP contribution is -2.32. The molecule has 0 atom stereocenters. The molecule has 1 aromatic carbocycles. The van der Waals surface area contributed by atoms with E-state index in [9.17, 15) is 4.39 Å². The quantitative estimate of drug-likeness (QED) is 0.383. The molecule has 22 heavy (non-hydrogen) atoms. The van der Waals surface area contributed by atoms with Gasteiger partial charge >= 0.3 is 0 Å². The molecular formula is C17H24FN3S. The van der Waals surface area contributed by atoms with Crippen molar-refractivity contribution in [3.05, 3.63) is 53.3 Å². The largest absolute Gasteiger partial charge is 0.330 e. The molecule has 0 aromatic heterocycles. The van der Waals surface area contributed by atoms with E-state index in [2.05, 4.69) is 25.0 Å². The van der Waals surface area contributed by atoms with Crippen LogP contribution in [0, 0.1) is 11.7 Å². The summed E-state index contributed by atoms with van der Waals surface area (Å²) < 4.78 is 13.2. The Morgan fingerprint density at radius 2 is 2.09 bits per heavy atom. The number of hydrogen-bond acceptors (Lipinski definition) is 3. The molecule has 1 aliphatic heterocycles. The van der Waals surface area contributed by atoms with E-state index in [4.69, 9.17) is 5.84 Å². The maximum Gasteiger partial charge on any atom is 0.131 e. The van der Waals surface area contributed by atoms with Crippen LogP contribution in [0.3, 0.4) is 0 Å². The molecule has 1 heterocycles. The number of amidine groups is 1. The average Bonchev–Trinajstić information content (AvgIpc) is 2.50. The molecule has 0 unspecified atom stereocenters. The number of halogens is 1. The maximum atomic E-state index is 13.2. The fourth-order valence-corrected chi connectivity index (χ4v) is 2.91. The summed E-state index contributed by atoms with van der Waals surface area (Å²) in [7, 11) is 0. The number of allylic oxidation sites excluding steroid dienone is 1. The first kappa shape index (κ1) is 18.3. The van der Waals surface area contributed by atoms with Crippen molar-refractivity contribution in [1.82, 2.24) is 4.90 Å². The second kappa shape index (κ2) is 9.30. The van der Waals surface area contributed by atoms with Gasteiger partial charge in [-0.2, -0.15) is 5.10 Å². The van der Waals surface area contributed by atoms with Crippen LogP contribution >= 0.6 is 11.8 Å². The lowest BCUT2D eigenvalue weighted by Gasteiger charge is -2.26. The van der Waals surface area contributed by atoms with E-state index in [1.807, 2.05) is 37.1 Å². The predicted octanol–water partition coefficient (Wildman–Crippen LogP) is 4.59. The van der Waals surface area contributed by atoms with E-state index in [-0.39, 0.29) is 11.7 Å². The van der Waals surface area contributed by atoms with Gasteiger partial charge in [-0.05, 0) is 24.3 Å². The van der Waals surface area contributed by atoms with Gasteiger partial charge in [0.05, 0.1) is 0 Å². The zero-order valence-corrected chi connectivity index (χ0v) is 14.4. The van der Waals surface area contributed by atoms with E-state index >= 15 is 0 Å². The Bertz CT molecular complexity index is 565. The molecule has 0 saturated carbocycles. The van der Waals surface area contributed by atoms with Gasteiger partial charge in [0.25, 0.3) is 0 Å². The van der Waals surface area contributed by atoms with Crippen molar-refractivity contribution in [2.45, 2.75) is 32.6 Å². The minimum Gasteiger partial charge on any atom is -0.330 e. The van der Waals surface area contributed by atoms with E-state index in [1.54, 1.807) is 6.07 Å². The number of benzene rings is 1. The second-order valence-electron chi connectivity index (χ2n) is 4.79. The first-order chi connectivity index (χ1) is 10.6. The van der Waals surface area contributed by atoms with Crippen molar-refractivity contribution in [2.75, 3.05) is 6.54 Å². The summed E-state index contributed by atoms with van der Waals surface area (Å²) in [5, 5.41) is 3.86. The van der Waals surface area contributed by atoms with Gasteiger partial charge in [0, 0.05) is 28.5 Å². The van der Waals surface area contributed by atoms with Crippen LogP contribution < -0.4 is 5.84 Å². The fourth-order valence-electron chi connectivity index (χ4n) is 1.97. The molecule has 0 amide bonds. The summed E-state index contributed by atoms with van der Waals surface area (Å²) >= 11 is 1.52. The van der Waals surface area contributed by atoms with Crippen molar-refractivity contribution in [3.63, 3.8) is 0 Å². The lowest BCUT2D eigenvalue weighted by molar-refractivity contribution is 0.566. The highest BCUT2D eigenvalue weighted by molar-refractivity contribution is 8.03. The molecule has 1 aromatic rings. The number of hydrogen-bond donors (Lipinski definition) is 1. The van der Waals surface area contributed by atoms with E-state index < -0.39 is 0 Å². The van der Waals surface area contributed by atoms with Crippen molar-refractivity contribution >= 4 is 17.6 Å². The molecule has 1 aliphatic rings. The second-order valence-corrected chi connectivity index (χ2v) is 5.93. The molecule has 0 spiro atoms. The summed E-state index contributed by atoms with van der Waals surface area (Å²) in [4.78, 5) is 3.92. The highest BCUT2D eigenvalue weighted by Crippen LogP contribution is 2.30. The zero-order valence-electron chi connectivity index (χ0n) is 13.6. The summed E-state index contributed by atoms with van der Waals surface area (Å²) in [6.45, 7) is 8.86. The Kier molecular flexibility index (Phi) is 7.74. The van der Waals surface area contributed by atoms with Gasteiger partial charge in [-0.3, -0.25) is 0 Å². The topological polar surface area (TPSA) is 41.6 Å². The molecule has 0 fully saturated rings. The molecule has 3 nitrogen and oxygen atoms in total. The number of rotatable bonds is 3. The molecule has 2 rings (SSSR count). The zero-order chi connectivity index (χ0) is 16.5. The minimum absolute atomic E-state index is 0.223. The van der Waals surface area contributed by atoms with Crippen LogP contribution in [-0.2, 0) is 0 Å². The highest BCUT2D eigenvalue weighted by Gasteiger charge is 2.15. The Hall–Kier alpha value is -1.75. The predicted molar refractivity (Wildman–Crippen MR) is 94.0 cm³/mol. The number of nitrogens with zero attached hydrogens (tertiary/aromatic N) is 2. The van der Waals surface area contributed by atoms with E-state index in [0.29, 0.717) is 0 Å². The van der Waals surface area contributed by atoms with Crippen LogP contribution in [0.15, 0.2) is 57.5 Å². The van der Waals surface area contributed by atoms with Crippen LogP contribution in [-0.4, -0.2) is 17.3 Å². The summed E-state index contributed by atoms with van der Waals surface area (Å²) in [5.41, 5.74) is 0. The molecule has 2 N–H and O–H groups in total. The van der Waals surface area contributed by atoms with Gasteiger partial charge in [-0.1, -0.05) is 51.6 Å². The standard InChI is InChI=1S/C15H18FN3S.C2H6/c1-11(2)15(18-17)19-8-4-7-14(10-19)20-13-6-3-5-12(16)9-13;1-2/h3-7,9-11H,8,17H2,1-2H3;1-2H3/b18-15-;. The monoisotopic (exact) mass is 321 g/mol. The summed E-state index contributed by atoms with van der Waals surface area (Å²) in [6, 6.07) is 6.57. The lowest BCUT2D eigenvalue weighted by atomic mass is 10.1. The first-order valence-corrected chi connectivity index (χ1v) is 8.28. The van der Waals surface area contributed by atoms with Crippen LogP contribution in [0.5, 0.6) is 0 Å². The fraction of sp³-hybridized carbons (Fsp3) is 0.353. The summed E-state index contributed by atoms with van der Waals surface area (Å²) in [6.07, 6.45) is 6.08. The Balaban J connectivity index is 0.00000116. The molecule has 0 bridgehead atoms. The van der Waals surface area contributed by atoms with Crippen LogP contribution in [0.2, 0.25) is 0 Å².